The number of nitrogens with zero attached hydrogens (tertiary/aromatic N) is 5. The van der Waals surface area contributed by atoms with E-state index < -0.39 is 10.0 Å². The van der Waals surface area contributed by atoms with Gasteiger partial charge >= 0.3 is 0 Å². The number of rotatable bonds is 4. The monoisotopic (exact) mass is 331 g/mol. The Hall–Kier alpha value is -2.24. The largest absolute Gasteiger partial charge is 0.253 e. The van der Waals surface area contributed by atoms with E-state index in [-0.39, 0.29) is 16.4 Å². The zero-order valence-corrected chi connectivity index (χ0v) is 13.4. The van der Waals surface area contributed by atoms with Gasteiger partial charge in [0.15, 0.2) is 0 Å². The summed E-state index contributed by atoms with van der Waals surface area (Å²) in [5.41, 5.74) is 0.186. The molecule has 1 aliphatic rings. The summed E-state index contributed by atoms with van der Waals surface area (Å²) < 4.78 is 28.9. The van der Waals surface area contributed by atoms with Crippen LogP contribution in [0.25, 0.3) is 0 Å². The third kappa shape index (κ3) is 3.25. The fourth-order valence-corrected chi connectivity index (χ4v) is 4.61. The van der Waals surface area contributed by atoms with Crippen molar-refractivity contribution in [2.24, 2.45) is 5.92 Å². The molecule has 1 saturated heterocycles. The lowest BCUT2D eigenvalue weighted by Crippen LogP contribution is -2.41. The quantitative estimate of drug-likeness (QED) is 0.841. The van der Waals surface area contributed by atoms with Crippen molar-refractivity contribution >= 4 is 10.0 Å². The first-order valence-electron chi connectivity index (χ1n) is 7.43. The second kappa shape index (κ2) is 6.48. The molecule has 23 heavy (non-hydrogen) atoms. The molecule has 1 aromatic heterocycles. The minimum absolute atomic E-state index is 0.0869. The lowest BCUT2D eigenvalue weighted by Gasteiger charge is -2.32. The lowest BCUT2D eigenvalue weighted by molar-refractivity contribution is 0.239. The zero-order valence-electron chi connectivity index (χ0n) is 12.5. The van der Waals surface area contributed by atoms with Crippen LogP contribution < -0.4 is 0 Å². The Kier molecular flexibility index (Phi) is 4.41. The van der Waals surface area contributed by atoms with E-state index in [2.05, 4.69) is 10.1 Å². The third-order valence-electron chi connectivity index (χ3n) is 4.02. The van der Waals surface area contributed by atoms with Gasteiger partial charge in [-0.1, -0.05) is 12.1 Å². The molecule has 1 aliphatic heterocycles. The van der Waals surface area contributed by atoms with E-state index in [1.54, 1.807) is 23.1 Å². The van der Waals surface area contributed by atoms with Crippen LogP contribution in [0, 0.1) is 17.2 Å². The van der Waals surface area contributed by atoms with Gasteiger partial charge in [0.05, 0.1) is 10.5 Å². The molecule has 0 amide bonds. The van der Waals surface area contributed by atoms with Crippen LogP contribution in [-0.2, 0) is 16.6 Å². The summed E-state index contributed by atoms with van der Waals surface area (Å²) in [6.45, 7) is 1.56. The van der Waals surface area contributed by atoms with Gasteiger partial charge in [0.2, 0.25) is 10.0 Å². The molecule has 0 radical (unpaired) electrons. The smallest absolute Gasteiger partial charge is 0.244 e. The minimum Gasteiger partial charge on any atom is -0.253 e. The van der Waals surface area contributed by atoms with Crippen LogP contribution in [0.5, 0.6) is 0 Å². The standard InChI is InChI=1S/C15H17N5O2S/c16-8-14-5-1-2-6-15(14)23(21,22)20-7-3-4-13(10-20)9-19-12-17-11-18-19/h1-2,5-6,11-13H,3-4,7,9-10H2/t13-/m1/s1. The molecule has 8 heteroatoms. The molecule has 3 rings (SSSR count). The maximum Gasteiger partial charge on any atom is 0.244 e. The first kappa shape index (κ1) is 15.6. The third-order valence-corrected chi connectivity index (χ3v) is 5.94. The van der Waals surface area contributed by atoms with Crippen molar-refractivity contribution in [2.75, 3.05) is 13.1 Å². The Morgan fingerprint density at radius 3 is 2.91 bits per heavy atom. The van der Waals surface area contributed by atoms with Gasteiger partial charge in [0.1, 0.15) is 18.7 Å². The van der Waals surface area contributed by atoms with Crippen LogP contribution >= 0.6 is 0 Å². The van der Waals surface area contributed by atoms with Gasteiger partial charge in [-0.15, -0.1) is 0 Å². The Labute approximate surface area is 135 Å². The molecule has 0 saturated carbocycles. The van der Waals surface area contributed by atoms with Crippen LogP contribution in [0.4, 0.5) is 0 Å². The number of benzene rings is 1. The topological polar surface area (TPSA) is 91.9 Å². The summed E-state index contributed by atoms with van der Waals surface area (Å²) in [6, 6.07) is 8.30. The number of sulfonamides is 1. The van der Waals surface area contributed by atoms with Gasteiger partial charge in [0, 0.05) is 19.6 Å². The van der Waals surface area contributed by atoms with Crippen molar-refractivity contribution in [1.29, 1.82) is 5.26 Å². The van der Waals surface area contributed by atoms with E-state index in [4.69, 9.17) is 5.26 Å². The minimum atomic E-state index is -3.65. The number of nitriles is 1. The molecule has 2 aromatic rings. The molecule has 1 aromatic carbocycles. The summed E-state index contributed by atoms with van der Waals surface area (Å²) in [6.07, 6.45) is 4.86. The maximum atomic E-state index is 12.9. The van der Waals surface area contributed by atoms with Crippen molar-refractivity contribution in [3.05, 3.63) is 42.5 Å². The van der Waals surface area contributed by atoms with Crippen LogP contribution in [0.15, 0.2) is 41.8 Å². The van der Waals surface area contributed by atoms with E-state index >= 15 is 0 Å². The Balaban J connectivity index is 1.81. The van der Waals surface area contributed by atoms with Crippen LogP contribution in [-0.4, -0.2) is 40.6 Å². The second-order valence-corrected chi connectivity index (χ2v) is 7.50. The van der Waals surface area contributed by atoms with E-state index in [1.807, 2.05) is 6.07 Å². The van der Waals surface area contributed by atoms with Gasteiger partial charge in [-0.3, -0.25) is 4.68 Å². The second-order valence-electron chi connectivity index (χ2n) is 5.60. The molecule has 7 nitrogen and oxygen atoms in total. The molecule has 0 N–H and O–H groups in total. The summed E-state index contributed by atoms with van der Waals surface area (Å²) >= 11 is 0. The van der Waals surface area contributed by atoms with Gasteiger partial charge < -0.3 is 0 Å². The molecular formula is C15H17N5O2S. The van der Waals surface area contributed by atoms with Crippen molar-refractivity contribution in [2.45, 2.75) is 24.3 Å². The van der Waals surface area contributed by atoms with Crippen molar-refractivity contribution in [3.63, 3.8) is 0 Å². The number of piperidine rings is 1. The fourth-order valence-electron chi connectivity index (χ4n) is 2.91. The summed E-state index contributed by atoms with van der Waals surface area (Å²) in [7, 11) is -3.65. The van der Waals surface area contributed by atoms with E-state index in [1.165, 1.54) is 22.8 Å². The summed E-state index contributed by atoms with van der Waals surface area (Å²) in [4.78, 5) is 4.00. The lowest BCUT2D eigenvalue weighted by atomic mass is 10.00. The van der Waals surface area contributed by atoms with Gasteiger partial charge in [-0.05, 0) is 30.9 Å². The normalized spacial score (nSPS) is 19.3. The molecule has 0 bridgehead atoms. The summed E-state index contributed by atoms with van der Waals surface area (Å²) in [5.74, 6) is 0.189. The predicted octanol–water partition coefficient (Wildman–Crippen LogP) is 1.25. The molecule has 0 aliphatic carbocycles. The highest BCUT2D eigenvalue weighted by Crippen LogP contribution is 2.26. The SMILES string of the molecule is N#Cc1ccccc1S(=O)(=O)N1CCC[C@H](Cn2cncn2)C1. The van der Waals surface area contributed by atoms with Gasteiger partial charge in [0.25, 0.3) is 0 Å². The number of hydrogen-bond donors (Lipinski definition) is 0. The highest BCUT2D eigenvalue weighted by Gasteiger charge is 2.31. The molecular weight excluding hydrogens is 314 g/mol. The maximum absolute atomic E-state index is 12.9. The van der Waals surface area contributed by atoms with Crippen LogP contribution in [0.3, 0.4) is 0 Å². The van der Waals surface area contributed by atoms with E-state index in [0.29, 0.717) is 19.6 Å². The highest BCUT2D eigenvalue weighted by atomic mass is 32.2. The Morgan fingerprint density at radius 2 is 2.17 bits per heavy atom. The average Bonchev–Trinajstić information content (AvgIpc) is 3.08. The number of aromatic nitrogens is 3. The van der Waals surface area contributed by atoms with Gasteiger partial charge in [-0.25, -0.2) is 13.4 Å². The molecule has 2 heterocycles. The zero-order chi connectivity index (χ0) is 16.3. The van der Waals surface area contributed by atoms with E-state index in [9.17, 15) is 8.42 Å². The van der Waals surface area contributed by atoms with E-state index in [0.717, 1.165) is 12.8 Å². The average molecular weight is 331 g/mol. The molecule has 1 atom stereocenters. The number of hydrogen-bond acceptors (Lipinski definition) is 5. The Bertz CT molecular complexity index is 811. The molecule has 1 fully saturated rings. The molecule has 0 unspecified atom stereocenters. The highest BCUT2D eigenvalue weighted by molar-refractivity contribution is 7.89. The van der Waals surface area contributed by atoms with Crippen LogP contribution in [0.2, 0.25) is 0 Å². The Morgan fingerprint density at radius 1 is 1.35 bits per heavy atom. The molecule has 0 spiro atoms. The fraction of sp³-hybridized carbons (Fsp3) is 0.400. The van der Waals surface area contributed by atoms with Crippen molar-refractivity contribution < 1.29 is 8.42 Å². The van der Waals surface area contributed by atoms with Crippen molar-refractivity contribution in [1.82, 2.24) is 19.1 Å². The van der Waals surface area contributed by atoms with Gasteiger partial charge in [-0.2, -0.15) is 14.7 Å². The van der Waals surface area contributed by atoms with Crippen molar-refractivity contribution in [3.8, 4) is 6.07 Å². The first-order valence-corrected chi connectivity index (χ1v) is 8.87. The van der Waals surface area contributed by atoms with Crippen LogP contribution in [0.1, 0.15) is 18.4 Å². The first-order chi connectivity index (χ1) is 11.1. The summed E-state index contributed by atoms with van der Waals surface area (Å²) in [5, 5.41) is 13.2. The molecule has 120 valence electrons. The predicted molar refractivity (Wildman–Crippen MR) is 82.7 cm³/mol.